The van der Waals surface area contributed by atoms with Crippen LogP contribution in [-0.4, -0.2) is 35.7 Å². The zero-order chi connectivity index (χ0) is 6.48. The van der Waals surface area contributed by atoms with Gasteiger partial charge in [0.25, 0.3) is 0 Å². The smallest absolute Gasteiger partial charge is 0.0618 e. The molecule has 1 aliphatic carbocycles. The van der Waals surface area contributed by atoms with E-state index >= 15 is 0 Å². The predicted octanol–water partition coefficient (Wildman–Crippen LogP) is 0.0729. The molecule has 2 aliphatic rings. The minimum atomic E-state index is 0.250. The maximum Gasteiger partial charge on any atom is 0.0618 e. The Balaban J connectivity index is 2.14. The largest absolute Gasteiger partial charge is 0.394 e. The normalized spacial score (nSPS) is 49.3. The van der Waals surface area contributed by atoms with Crippen LogP contribution in [0.4, 0.5) is 0 Å². The Labute approximate surface area is 55.5 Å². The monoisotopic (exact) mass is 127 g/mol. The van der Waals surface area contributed by atoms with Crippen molar-refractivity contribution in [3.05, 3.63) is 0 Å². The van der Waals surface area contributed by atoms with Crippen molar-refractivity contribution >= 4 is 0 Å². The van der Waals surface area contributed by atoms with Gasteiger partial charge in [0, 0.05) is 5.54 Å². The number of likely N-dealkylation sites (tertiary alicyclic amines) is 1. The molecule has 0 aromatic heterocycles. The molecule has 0 radical (unpaired) electrons. The average Bonchev–Trinajstić information content (AvgIpc) is 2.52. The number of likely N-dealkylation sites (N-methyl/N-ethyl adjacent to an activating group) is 1. The zero-order valence-electron chi connectivity index (χ0n) is 5.80. The number of nitrogens with zero attached hydrogens (tertiary/aromatic N) is 1. The van der Waals surface area contributed by atoms with Gasteiger partial charge in [-0.25, -0.2) is 0 Å². The van der Waals surface area contributed by atoms with Crippen molar-refractivity contribution in [2.24, 2.45) is 5.92 Å². The van der Waals surface area contributed by atoms with Gasteiger partial charge in [0.05, 0.1) is 6.61 Å². The van der Waals surface area contributed by atoms with Crippen molar-refractivity contribution in [2.45, 2.75) is 18.4 Å². The van der Waals surface area contributed by atoms with Gasteiger partial charge < -0.3 is 5.11 Å². The first-order valence-electron chi connectivity index (χ1n) is 3.62. The van der Waals surface area contributed by atoms with Gasteiger partial charge in [-0.2, -0.15) is 0 Å². The maximum absolute atomic E-state index is 9.00. The molecule has 2 unspecified atom stereocenters. The molecule has 2 fully saturated rings. The van der Waals surface area contributed by atoms with E-state index in [1.54, 1.807) is 0 Å². The second-order valence-electron chi connectivity index (χ2n) is 3.37. The van der Waals surface area contributed by atoms with Gasteiger partial charge in [0.1, 0.15) is 0 Å². The summed E-state index contributed by atoms with van der Waals surface area (Å²) in [7, 11) is 2.11. The van der Waals surface area contributed by atoms with E-state index in [1.807, 2.05) is 0 Å². The highest BCUT2D eigenvalue weighted by Gasteiger charge is 2.59. The first kappa shape index (κ1) is 5.69. The molecule has 1 heterocycles. The van der Waals surface area contributed by atoms with Crippen molar-refractivity contribution in [3.8, 4) is 0 Å². The molecule has 0 bridgehead atoms. The van der Waals surface area contributed by atoms with Crippen LogP contribution in [0.15, 0.2) is 0 Å². The quantitative estimate of drug-likeness (QED) is 0.539. The number of hydrogen-bond acceptors (Lipinski definition) is 2. The Morgan fingerprint density at radius 3 is 2.78 bits per heavy atom. The molecule has 52 valence electrons. The molecule has 2 nitrogen and oxygen atoms in total. The summed E-state index contributed by atoms with van der Waals surface area (Å²) in [5.41, 5.74) is 0.250. The maximum atomic E-state index is 9.00. The van der Waals surface area contributed by atoms with Crippen molar-refractivity contribution in [2.75, 3.05) is 20.2 Å². The van der Waals surface area contributed by atoms with Gasteiger partial charge >= 0.3 is 0 Å². The molecule has 0 spiro atoms. The summed E-state index contributed by atoms with van der Waals surface area (Å²) in [5, 5.41) is 9.00. The van der Waals surface area contributed by atoms with Crippen LogP contribution in [0.1, 0.15) is 12.8 Å². The number of rotatable bonds is 1. The van der Waals surface area contributed by atoms with E-state index < -0.39 is 0 Å². The standard InChI is InChI=1S/C7H13NO/c1-8-3-2-6-4-7(6,8)5-9/h6,9H,2-5H2,1H3. The van der Waals surface area contributed by atoms with E-state index in [4.69, 9.17) is 5.11 Å². The molecule has 2 atom stereocenters. The van der Waals surface area contributed by atoms with Crippen LogP contribution in [0.2, 0.25) is 0 Å². The van der Waals surface area contributed by atoms with Crippen molar-refractivity contribution in [3.63, 3.8) is 0 Å². The molecule has 2 heteroatoms. The SMILES string of the molecule is CN1CCC2CC21CO. The number of aliphatic hydroxyl groups excluding tert-OH is 1. The van der Waals surface area contributed by atoms with Gasteiger partial charge in [0.2, 0.25) is 0 Å². The highest BCUT2D eigenvalue weighted by Crippen LogP contribution is 2.54. The molecule has 1 saturated carbocycles. The van der Waals surface area contributed by atoms with E-state index in [0.717, 1.165) is 5.92 Å². The van der Waals surface area contributed by atoms with Gasteiger partial charge in [-0.3, -0.25) is 4.90 Å². The third kappa shape index (κ3) is 0.528. The third-order valence-corrected chi connectivity index (χ3v) is 3.05. The Bertz CT molecular complexity index is 133. The molecule has 9 heavy (non-hydrogen) atoms. The third-order valence-electron chi connectivity index (χ3n) is 3.05. The fourth-order valence-electron chi connectivity index (χ4n) is 2.09. The Kier molecular flexibility index (Phi) is 0.945. The minimum absolute atomic E-state index is 0.250. The molecule has 2 rings (SSSR count). The highest BCUT2D eigenvalue weighted by molar-refractivity contribution is 5.14. The molecule has 0 aromatic carbocycles. The van der Waals surface area contributed by atoms with E-state index in [9.17, 15) is 0 Å². The van der Waals surface area contributed by atoms with Crippen molar-refractivity contribution < 1.29 is 5.11 Å². The summed E-state index contributed by atoms with van der Waals surface area (Å²) in [6, 6.07) is 0. The lowest BCUT2D eigenvalue weighted by Crippen LogP contribution is -2.34. The van der Waals surface area contributed by atoms with Gasteiger partial charge in [-0.05, 0) is 32.4 Å². The summed E-state index contributed by atoms with van der Waals surface area (Å²) < 4.78 is 0. The first-order valence-corrected chi connectivity index (χ1v) is 3.62. The molecule has 1 N–H and O–H groups in total. The van der Waals surface area contributed by atoms with Crippen LogP contribution >= 0.6 is 0 Å². The molecular weight excluding hydrogens is 114 g/mol. The Hall–Kier alpha value is -0.0800. The Morgan fingerprint density at radius 2 is 2.56 bits per heavy atom. The first-order chi connectivity index (χ1) is 4.29. The number of fused-ring (bicyclic) bond motifs is 1. The van der Waals surface area contributed by atoms with E-state index in [1.165, 1.54) is 19.4 Å². The lowest BCUT2D eigenvalue weighted by Gasteiger charge is -2.20. The van der Waals surface area contributed by atoms with Gasteiger partial charge in [-0.1, -0.05) is 0 Å². The van der Waals surface area contributed by atoms with Gasteiger partial charge in [-0.15, -0.1) is 0 Å². The van der Waals surface area contributed by atoms with E-state index in [-0.39, 0.29) is 5.54 Å². The molecule has 1 saturated heterocycles. The van der Waals surface area contributed by atoms with Crippen LogP contribution in [0.25, 0.3) is 0 Å². The van der Waals surface area contributed by atoms with Crippen LogP contribution < -0.4 is 0 Å². The second kappa shape index (κ2) is 1.50. The summed E-state index contributed by atoms with van der Waals surface area (Å²) in [4.78, 5) is 2.30. The van der Waals surface area contributed by atoms with E-state index in [0.29, 0.717) is 6.61 Å². The second-order valence-corrected chi connectivity index (χ2v) is 3.37. The van der Waals surface area contributed by atoms with E-state index in [2.05, 4.69) is 11.9 Å². The lowest BCUT2D eigenvalue weighted by molar-refractivity contribution is 0.149. The van der Waals surface area contributed by atoms with Crippen molar-refractivity contribution in [1.29, 1.82) is 0 Å². The molecule has 1 aliphatic heterocycles. The number of aliphatic hydroxyl groups is 1. The van der Waals surface area contributed by atoms with Crippen LogP contribution in [-0.2, 0) is 0 Å². The summed E-state index contributed by atoms with van der Waals surface area (Å²) in [6.45, 7) is 1.55. The molecule has 0 aromatic rings. The Morgan fingerprint density at radius 1 is 1.78 bits per heavy atom. The van der Waals surface area contributed by atoms with Gasteiger partial charge in [0.15, 0.2) is 0 Å². The molecule has 0 amide bonds. The van der Waals surface area contributed by atoms with Crippen LogP contribution in [0.3, 0.4) is 0 Å². The fraction of sp³-hybridized carbons (Fsp3) is 1.00. The van der Waals surface area contributed by atoms with Crippen LogP contribution in [0.5, 0.6) is 0 Å². The summed E-state index contributed by atoms with van der Waals surface area (Å²) >= 11 is 0. The number of piperidine rings is 1. The van der Waals surface area contributed by atoms with Crippen molar-refractivity contribution in [1.82, 2.24) is 4.90 Å². The minimum Gasteiger partial charge on any atom is -0.394 e. The topological polar surface area (TPSA) is 23.5 Å². The summed E-state index contributed by atoms with van der Waals surface area (Å²) in [6.07, 6.45) is 2.54. The summed E-state index contributed by atoms with van der Waals surface area (Å²) in [5.74, 6) is 0.826. The molecular formula is C7H13NO. The predicted molar refractivity (Wildman–Crippen MR) is 35.2 cm³/mol. The highest BCUT2D eigenvalue weighted by atomic mass is 16.3. The zero-order valence-corrected chi connectivity index (χ0v) is 5.80. The fourth-order valence-corrected chi connectivity index (χ4v) is 2.09. The number of hydrogen-bond donors (Lipinski definition) is 1. The average molecular weight is 127 g/mol. The lowest BCUT2D eigenvalue weighted by atomic mass is 10.2. The van der Waals surface area contributed by atoms with Crippen LogP contribution in [0, 0.1) is 5.92 Å².